The van der Waals surface area contributed by atoms with Crippen LogP contribution in [0.3, 0.4) is 0 Å². The van der Waals surface area contributed by atoms with Crippen LogP contribution in [0.15, 0.2) is 29.3 Å². The van der Waals surface area contributed by atoms with Crippen LogP contribution in [0, 0.1) is 5.92 Å². The van der Waals surface area contributed by atoms with Crippen LogP contribution in [0.4, 0.5) is 0 Å². The Labute approximate surface area is 133 Å². The number of aliphatic imine (C=N–C) groups is 1. The van der Waals surface area contributed by atoms with E-state index in [1.54, 1.807) is 12.1 Å². The van der Waals surface area contributed by atoms with E-state index < -0.39 is 0 Å². The lowest BCUT2D eigenvalue weighted by molar-refractivity contribution is 0.181. The van der Waals surface area contributed by atoms with Gasteiger partial charge in [-0.3, -0.25) is 4.99 Å². The summed E-state index contributed by atoms with van der Waals surface area (Å²) in [6.45, 7) is 6.35. The average molecular weight is 305 g/mol. The van der Waals surface area contributed by atoms with E-state index in [-0.39, 0.29) is 0 Å². The number of phenols is 1. The molecule has 0 amide bonds. The van der Waals surface area contributed by atoms with Crippen molar-refractivity contribution < 1.29 is 9.84 Å². The zero-order chi connectivity index (χ0) is 15.8. The van der Waals surface area contributed by atoms with Gasteiger partial charge in [0.2, 0.25) is 0 Å². The molecule has 1 aromatic carbocycles. The van der Waals surface area contributed by atoms with E-state index in [9.17, 15) is 5.11 Å². The molecule has 1 aromatic rings. The van der Waals surface area contributed by atoms with E-state index >= 15 is 0 Å². The highest BCUT2D eigenvalue weighted by Crippen LogP contribution is 2.13. The normalized spacial score (nSPS) is 18.5. The minimum Gasteiger partial charge on any atom is -0.508 e. The fourth-order valence-corrected chi connectivity index (χ4v) is 2.67. The Hall–Kier alpha value is -1.75. The number of phenolic OH excluding ortho intramolecular Hbond substituents is 1. The Balaban J connectivity index is 1.88. The molecule has 5 nitrogen and oxygen atoms in total. The maximum atomic E-state index is 9.49. The minimum absolute atomic E-state index is 0.312. The molecule has 1 aliphatic heterocycles. The van der Waals surface area contributed by atoms with Crippen molar-refractivity contribution >= 4 is 5.96 Å². The third-order valence-corrected chi connectivity index (χ3v) is 3.83. The minimum atomic E-state index is 0.312. The Morgan fingerprint density at radius 1 is 1.50 bits per heavy atom. The summed E-state index contributed by atoms with van der Waals surface area (Å²) in [6, 6.07) is 7.36. The first kappa shape index (κ1) is 16.6. The monoisotopic (exact) mass is 305 g/mol. The predicted octanol–water partition coefficient (Wildman–Crippen LogP) is 1.87. The summed E-state index contributed by atoms with van der Waals surface area (Å²) in [4.78, 5) is 6.88. The van der Waals surface area contributed by atoms with Crippen molar-refractivity contribution in [3.05, 3.63) is 29.8 Å². The molecule has 1 unspecified atom stereocenters. The van der Waals surface area contributed by atoms with Crippen LogP contribution in [-0.4, -0.2) is 55.9 Å². The molecule has 0 aromatic heterocycles. The van der Waals surface area contributed by atoms with Gasteiger partial charge in [0.05, 0.1) is 6.61 Å². The number of benzene rings is 1. The third-order valence-electron chi connectivity index (χ3n) is 3.83. The molecule has 0 spiro atoms. The van der Waals surface area contributed by atoms with Crippen LogP contribution < -0.4 is 5.32 Å². The van der Waals surface area contributed by atoms with Crippen molar-refractivity contribution in [3.8, 4) is 5.75 Å². The number of nitrogens with one attached hydrogen (secondary N) is 1. The van der Waals surface area contributed by atoms with Gasteiger partial charge in [-0.15, -0.1) is 0 Å². The second-order valence-corrected chi connectivity index (χ2v) is 5.77. The Bertz CT molecular complexity index is 485. The van der Waals surface area contributed by atoms with Gasteiger partial charge in [0.25, 0.3) is 0 Å². The predicted molar refractivity (Wildman–Crippen MR) is 89.3 cm³/mol. The van der Waals surface area contributed by atoms with E-state index in [4.69, 9.17) is 4.74 Å². The summed E-state index contributed by atoms with van der Waals surface area (Å²) < 4.78 is 5.44. The quantitative estimate of drug-likeness (QED) is 0.622. The van der Waals surface area contributed by atoms with Crippen molar-refractivity contribution in [1.82, 2.24) is 10.2 Å². The molecule has 122 valence electrons. The molecule has 1 heterocycles. The summed E-state index contributed by atoms with van der Waals surface area (Å²) in [5.74, 6) is 1.85. The van der Waals surface area contributed by atoms with Crippen LogP contribution in [0.5, 0.6) is 5.75 Å². The number of aromatic hydroxyl groups is 1. The van der Waals surface area contributed by atoms with Crippen LogP contribution in [0.2, 0.25) is 0 Å². The standard InChI is InChI=1S/C17H27N3O2/c1-3-18-17(20(2)12-15-8-10-22-13-15)19-9-7-14-5-4-6-16(21)11-14/h4-6,11,15,21H,3,7-10,12-13H2,1-2H3,(H,18,19). The van der Waals surface area contributed by atoms with Crippen LogP contribution in [0.25, 0.3) is 0 Å². The second-order valence-electron chi connectivity index (χ2n) is 5.77. The Kier molecular flexibility index (Phi) is 6.52. The zero-order valence-electron chi connectivity index (χ0n) is 13.6. The maximum Gasteiger partial charge on any atom is 0.193 e. The molecule has 2 N–H and O–H groups in total. The lowest BCUT2D eigenvalue weighted by atomic mass is 10.1. The topological polar surface area (TPSA) is 57.1 Å². The highest BCUT2D eigenvalue weighted by Gasteiger charge is 2.18. The lowest BCUT2D eigenvalue weighted by Gasteiger charge is -2.24. The van der Waals surface area contributed by atoms with Gasteiger partial charge < -0.3 is 20.1 Å². The SMILES string of the molecule is CCNC(=NCCc1cccc(O)c1)N(C)CC1CCOC1. The number of hydrogen-bond acceptors (Lipinski definition) is 3. The van der Waals surface area contributed by atoms with E-state index in [0.29, 0.717) is 18.2 Å². The molecule has 5 heteroatoms. The molecular weight excluding hydrogens is 278 g/mol. The first-order valence-corrected chi connectivity index (χ1v) is 8.04. The first-order valence-electron chi connectivity index (χ1n) is 8.04. The van der Waals surface area contributed by atoms with Crippen molar-refractivity contribution in [2.45, 2.75) is 19.8 Å². The van der Waals surface area contributed by atoms with Gasteiger partial charge in [-0.2, -0.15) is 0 Å². The fraction of sp³-hybridized carbons (Fsp3) is 0.588. The van der Waals surface area contributed by atoms with Gasteiger partial charge in [0, 0.05) is 39.2 Å². The number of hydrogen-bond donors (Lipinski definition) is 2. The van der Waals surface area contributed by atoms with Crippen LogP contribution >= 0.6 is 0 Å². The highest BCUT2D eigenvalue weighted by atomic mass is 16.5. The van der Waals surface area contributed by atoms with Crippen LogP contribution in [-0.2, 0) is 11.2 Å². The highest BCUT2D eigenvalue weighted by molar-refractivity contribution is 5.79. The molecule has 0 saturated carbocycles. The number of nitrogens with zero attached hydrogens (tertiary/aromatic N) is 2. The average Bonchev–Trinajstić information content (AvgIpc) is 2.99. The summed E-state index contributed by atoms with van der Waals surface area (Å²) >= 11 is 0. The van der Waals surface area contributed by atoms with Gasteiger partial charge in [-0.1, -0.05) is 12.1 Å². The molecular formula is C17H27N3O2. The molecule has 1 fully saturated rings. The van der Waals surface area contributed by atoms with Gasteiger partial charge >= 0.3 is 0 Å². The summed E-state index contributed by atoms with van der Waals surface area (Å²) in [7, 11) is 2.08. The van der Waals surface area contributed by atoms with E-state index in [0.717, 1.165) is 50.7 Å². The van der Waals surface area contributed by atoms with Crippen LogP contribution in [0.1, 0.15) is 18.9 Å². The largest absolute Gasteiger partial charge is 0.508 e. The smallest absolute Gasteiger partial charge is 0.193 e. The van der Waals surface area contributed by atoms with Gasteiger partial charge in [-0.05, 0) is 37.5 Å². The van der Waals surface area contributed by atoms with Gasteiger partial charge in [-0.25, -0.2) is 0 Å². The summed E-state index contributed by atoms with van der Waals surface area (Å²) in [5.41, 5.74) is 1.10. The van der Waals surface area contributed by atoms with E-state index in [1.165, 1.54) is 0 Å². The van der Waals surface area contributed by atoms with Crippen molar-refractivity contribution in [2.75, 3.05) is 39.9 Å². The van der Waals surface area contributed by atoms with Crippen molar-refractivity contribution in [2.24, 2.45) is 10.9 Å². The van der Waals surface area contributed by atoms with Crippen molar-refractivity contribution in [3.63, 3.8) is 0 Å². The maximum absolute atomic E-state index is 9.49. The fourth-order valence-electron chi connectivity index (χ4n) is 2.67. The van der Waals surface area contributed by atoms with Gasteiger partial charge in [0.15, 0.2) is 5.96 Å². The molecule has 1 aliphatic rings. The number of guanidine groups is 1. The first-order chi connectivity index (χ1) is 10.7. The van der Waals surface area contributed by atoms with Gasteiger partial charge in [0.1, 0.15) is 5.75 Å². The van der Waals surface area contributed by atoms with E-state index in [2.05, 4.69) is 29.2 Å². The molecule has 1 atom stereocenters. The molecule has 0 radical (unpaired) electrons. The van der Waals surface area contributed by atoms with E-state index in [1.807, 2.05) is 12.1 Å². The second kappa shape index (κ2) is 8.63. The molecule has 2 rings (SSSR count). The van der Waals surface area contributed by atoms with Crippen molar-refractivity contribution in [1.29, 1.82) is 0 Å². The zero-order valence-corrected chi connectivity index (χ0v) is 13.6. The third kappa shape index (κ3) is 5.22. The molecule has 22 heavy (non-hydrogen) atoms. The molecule has 1 saturated heterocycles. The summed E-state index contributed by atoms with van der Waals surface area (Å²) in [5, 5.41) is 12.8. The molecule has 0 aliphatic carbocycles. The number of ether oxygens (including phenoxy) is 1. The lowest BCUT2D eigenvalue weighted by Crippen LogP contribution is -2.41. The Morgan fingerprint density at radius 2 is 2.36 bits per heavy atom. The molecule has 0 bridgehead atoms. The Morgan fingerprint density at radius 3 is 3.05 bits per heavy atom. The number of rotatable bonds is 6. The summed E-state index contributed by atoms with van der Waals surface area (Å²) in [6.07, 6.45) is 1.96.